The zero-order chi connectivity index (χ0) is 21.6. The first kappa shape index (κ1) is 24.2. The van der Waals surface area contributed by atoms with E-state index < -0.39 is 0 Å². The molecule has 2 aromatic carbocycles. The number of para-hydroxylation sites is 1. The fourth-order valence-corrected chi connectivity index (χ4v) is 4.11. The van der Waals surface area contributed by atoms with Crippen LogP contribution in [0.2, 0.25) is 0 Å². The average Bonchev–Trinajstić information content (AvgIpc) is 3.42. The van der Waals surface area contributed by atoms with E-state index in [0.717, 1.165) is 54.7 Å². The van der Waals surface area contributed by atoms with Crippen LogP contribution < -0.4 is 20.1 Å². The van der Waals surface area contributed by atoms with Gasteiger partial charge in [-0.15, -0.1) is 24.0 Å². The summed E-state index contributed by atoms with van der Waals surface area (Å²) in [6.07, 6.45) is 1.08. The number of H-pyrrole nitrogens is 1. The molecule has 0 spiro atoms. The highest BCUT2D eigenvalue weighted by Gasteiger charge is 2.23. The van der Waals surface area contributed by atoms with E-state index in [1.54, 1.807) is 14.2 Å². The van der Waals surface area contributed by atoms with Crippen LogP contribution >= 0.6 is 24.0 Å². The maximum absolute atomic E-state index is 5.40. The Hall–Kier alpha value is -2.46. The molecule has 1 aromatic heterocycles. The van der Waals surface area contributed by atoms with Gasteiger partial charge in [0.2, 0.25) is 0 Å². The molecule has 8 heteroatoms. The second-order valence-corrected chi connectivity index (χ2v) is 7.89. The van der Waals surface area contributed by atoms with Crippen molar-refractivity contribution in [2.75, 3.05) is 34.4 Å². The highest BCUT2D eigenvalue weighted by Crippen LogP contribution is 2.24. The quantitative estimate of drug-likeness (QED) is 0.238. The smallest absolute Gasteiger partial charge is 0.191 e. The Morgan fingerprint density at radius 3 is 2.56 bits per heavy atom. The van der Waals surface area contributed by atoms with Gasteiger partial charge < -0.3 is 25.1 Å². The summed E-state index contributed by atoms with van der Waals surface area (Å²) < 4.78 is 10.8. The molecule has 3 N–H and O–H groups in total. The van der Waals surface area contributed by atoms with E-state index in [1.165, 1.54) is 10.9 Å². The molecule has 1 fully saturated rings. The highest BCUT2D eigenvalue weighted by molar-refractivity contribution is 14.0. The summed E-state index contributed by atoms with van der Waals surface area (Å²) in [5.41, 5.74) is 3.49. The molecule has 0 amide bonds. The van der Waals surface area contributed by atoms with Crippen molar-refractivity contribution in [3.8, 4) is 11.5 Å². The summed E-state index contributed by atoms with van der Waals surface area (Å²) in [6, 6.07) is 16.9. The number of ether oxygens (including phenoxy) is 2. The second-order valence-electron chi connectivity index (χ2n) is 7.89. The van der Waals surface area contributed by atoms with E-state index in [1.807, 2.05) is 19.2 Å². The fourth-order valence-electron chi connectivity index (χ4n) is 4.11. The number of nitrogens with zero attached hydrogens (tertiary/aromatic N) is 2. The molecule has 3 aromatic rings. The van der Waals surface area contributed by atoms with E-state index >= 15 is 0 Å². The molecule has 1 aliphatic heterocycles. The van der Waals surface area contributed by atoms with Crippen molar-refractivity contribution < 1.29 is 9.47 Å². The van der Waals surface area contributed by atoms with Gasteiger partial charge in [0, 0.05) is 50.0 Å². The van der Waals surface area contributed by atoms with Crippen LogP contribution in [-0.2, 0) is 13.1 Å². The Morgan fingerprint density at radius 2 is 1.88 bits per heavy atom. The molecule has 1 saturated heterocycles. The van der Waals surface area contributed by atoms with Crippen molar-refractivity contribution in [3.05, 3.63) is 59.8 Å². The average molecular weight is 549 g/mol. The van der Waals surface area contributed by atoms with Gasteiger partial charge in [-0.05, 0) is 41.6 Å². The van der Waals surface area contributed by atoms with Gasteiger partial charge in [-0.25, -0.2) is 0 Å². The third kappa shape index (κ3) is 6.07. The van der Waals surface area contributed by atoms with Crippen molar-refractivity contribution in [2.45, 2.75) is 25.6 Å². The third-order valence-electron chi connectivity index (χ3n) is 5.69. The Kier molecular flexibility index (Phi) is 8.63. The molecule has 1 aliphatic rings. The molecule has 0 saturated carbocycles. The van der Waals surface area contributed by atoms with Crippen LogP contribution in [0.3, 0.4) is 0 Å². The minimum Gasteiger partial charge on any atom is -0.497 e. The van der Waals surface area contributed by atoms with Crippen molar-refractivity contribution in [1.82, 2.24) is 20.5 Å². The van der Waals surface area contributed by atoms with Crippen LogP contribution in [-0.4, -0.2) is 56.2 Å². The zero-order valence-corrected chi connectivity index (χ0v) is 21.2. The second kappa shape index (κ2) is 11.4. The molecule has 32 heavy (non-hydrogen) atoms. The summed E-state index contributed by atoms with van der Waals surface area (Å²) in [6.45, 7) is 3.57. The fraction of sp³-hybridized carbons (Fsp3) is 0.375. The predicted octanol–water partition coefficient (Wildman–Crippen LogP) is 3.74. The first-order valence-electron chi connectivity index (χ1n) is 10.6. The van der Waals surface area contributed by atoms with Gasteiger partial charge in [-0.2, -0.15) is 0 Å². The minimum absolute atomic E-state index is 0. The largest absolute Gasteiger partial charge is 0.497 e. The number of hydrogen-bond donors (Lipinski definition) is 3. The molecule has 1 unspecified atom stereocenters. The van der Waals surface area contributed by atoms with E-state index in [-0.39, 0.29) is 24.0 Å². The van der Waals surface area contributed by atoms with Crippen molar-refractivity contribution in [3.63, 3.8) is 0 Å². The third-order valence-corrected chi connectivity index (χ3v) is 5.69. The van der Waals surface area contributed by atoms with Gasteiger partial charge in [-0.1, -0.05) is 18.2 Å². The van der Waals surface area contributed by atoms with Gasteiger partial charge in [0.15, 0.2) is 5.96 Å². The monoisotopic (exact) mass is 549 g/mol. The van der Waals surface area contributed by atoms with E-state index in [0.29, 0.717) is 12.6 Å². The van der Waals surface area contributed by atoms with Crippen LogP contribution in [0.15, 0.2) is 53.5 Å². The number of aromatic nitrogens is 1. The number of aliphatic imine (C=N–C) groups is 1. The van der Waals surface area contributed by atoms with Gasteiger partial charge in [0.05, 0.1) is 20.8 Å². The van der Waals surface area contributed by atoms with Crippen molar-refractivity contribution >= 4 is 40.8 Å². The first-order chi connectivity index (χ1) is 15.2. The maximum Gasteiger partial charge on any atom is 0.191 e. The molecule has 1 atom stereocenters. The molecule has 7 nitrogen and oxygen atoms in total. The van der Waals surface area contributed by atoms with E-state index in [2.05, 4.69) is 61.9 Å². The Labute approximate surface area is 206 Å². The maximum atomic E-state index is 5.40. The van der Waals surface area contributed by atoms with Crippen molar-refractivity contribution in [1.29, 1.82) is 0 Å². The van der Waals surface area contributed by atoms with Crippen LogP contribution in [0.25, 0.3) is 10.9 Å². The molecule has 0 bridgehead atoms. The lowest BCUT2D eigenvalue weighted by atomic mass is 10.2. The number of aromatic amines is 1. The van der Waals surface area contributed by atoms with Crippen LogP contribution in [0.5, 0.6) is 11.5 Å². The number of fused-ring (bicyclic) bond motifs is 1. The molecular weight excluding hydrogens is 517 g/mol. The molecular formula is C24H32IN5O2. The molecule has 4 rings (SSSR count). The summed E-state index contributed by atoms with van der Waals surface area (Å²) >= 11 is 0. The lowest BCUT2D eigenvalue weighted by Crippen LogP contribution is -2.44. The lowest BCUT2D eigenvalue weighted by molar-refractivity contribution is 0.321. The molecule has 2 heterocycles. The number of halogens is 1. The SMILES string of the molecule is CN=C(NCc1cc2ccccc2[nH]1)NC1CCN(Cc2cc(OC)cc(OC)c2)C1.I. The molecule has 0 radical (unpaired) electrons. The number of methoxy groups -OCH3 is 2. The number of likely N-dealkylation sites (tertiary alicyclic amines) is 1. The first-order valence-corrected chi connectivity index (χ1v) is 10.6. The minimum atomic E-state index is 0. The lowest BCUT2D eigenvalue weighted by Gasteiger charge is -2.19. The number of nitrogens with one attached hydrogen (secondary N) is 3. The number of rotatable bonds is 7. The van der Waals surface area contributed by atoms with Gasteiger partial charge in [0.25, 0.3) is 0 Å². The van der Waals surface area contributed by atoms with E-state index in [9.17, 15) is 0 Å². The summed E-state index contributed by atoms with van der Waals surface area (Å²) in [4.78, 5) is 10.3. The van der Waals surface area contributed by atoms with Crippen LogP contribution in [0, 0.1) is 0 Å². The number of hydrogen-bond acceptors (Lipinski definition) is 4. The summed E-state index contributed by atoms with van der Waals surface area (Å²) in [7, 11) is 5.18. The summed E-state index contributed by atoms with van der Waals surface area (Å²) in [5.74, 6) is 2.48. The van der Waals surface area contributed by atoms with Crippen LogP contribution in [0.1, 0.15) is 17.7 Å². The number of benzene rings is 2. The van der Waals surface area contributed by atoms with Gasteiger partial charge in [0.1, 0.15) is 11.5 Å². The standard InChI is InChI=1S/C24H31N5O2.HI/c1-25-24(26-14-20-12-18-6-4-5-7-23(18)27-20)28-19-8-9-29(16-19)15-17-10-21(30-2)13-22(11-17)31-3;/h4-7,10-13,19,27H,8-9,14-16H2,1-3H3,(H2,25,26,28);1H. The topological polar surface area (TPSA) is 73.9 Å². The zero-order valence-electron chi connectivity index (χ0n) is 18.9. The number of guanidine groups is 1. The molecule has 172 valence electrons. The molecule has 0 aliphatic carbocycles. The Morgan fingerprint density at radius 1 is 1.12 bits per heavy atom. The Bertz CT molecular complexity index is 997. The highest BCUT2D eigenvalue weighted by atomic mass is 127. The van der Waals surface area contributed by atoms with Gasteiger partial charge >= 0.3 is 0 Å². The van der Waals surface area contributed by atoms with E-state index in [4.69, 9.17) is 9.47 Å². The van der Waals surface area contributed by atoms with Crippen molar-refractivity contribution in [2.24, 2.45) is 4.99 Å². The van der Waals surface area contributed by atoms with Gasteiger partial charge in [-0.3, -0.25) is 9.89 Å². The Balaban J connectivity index is 0.00000289. The van der Waals surface area contributed by atoms with Crippen LogP contribution in [0.4, 0.5) is 0 Å². The normalized spacial score (nSPS) is 16.6. The predicted molar refractivity (Wildman–Crippen MR) is 140 cm³/mol. The summed E-state index contributed by atoms with van der Waals surface area (Å²) in [5, 5.41) is 8.21.